The summed E-state index contributed by atoms with van der Waals surface area (Å²) in [7, 11) is 3.53. The van der Waals surface area contributed by atoms with Crippen molar-refractivity contribution in [3.8, 4) is 0 Å². The van der Waals surface area contributed by atoms with Crippen LogP contribution in [0.25, 0.3) is 0 Å². The van der Waals surface area contributed by atoms with Crippen molar-refractivity contribution < 1.29 is 0 Å². The van der Waals surface area contributed by atoms with Gasteiger partial charge in [0.25, 0.3) is 0 Å². The van der Waals surface area contributed by atoms with Crippen LogP contribution in [-0.2, 0) is 0 Å². The van der Waals surface area contributed by atoms with Gasteiger partial charge < -0.3 is 0 Å². The quantitative estimate of drug-likeness (QED) is 0.430. The molecule has 0 amide bonds. The van der Waals surface area contributed by atoms with Crippen LogP contribution in [0, 0.1) is 5.92 Å². The van der Waals surface area contributed by atoms with Gasteiger partial charge in [-0.3, -0.25) is 0 Å². The first-order valence-corrected chi connectivity index (χ1v) is 2.09. The second-order valence-electron chi connectivity index (χ2n) is 1.73. The molecule has 0 saturated carbocycles. The van der Waals surface area contributed by atoms with E-state index in [1.807, 2.05) is 13.8 Å². The van der Waals surface area contributed by atoms with E-state index in [1.54, 1.807) is 0 Å². The van der Waals surface area contributed by atoms with Gasteiger partial charge in [-0.15, -0.1) is 0 Å². The maximum atomic E-state index is 5.24. The van der Waals surface area contributed by atoms with E-state index in [0.29, 0.717) is 5.92 Å². The standard InChI is InChI=1S/C4H10BN/c1-3(2)4(5)6/h3,5H,6H2,1-2H3. The molecule has 0 atom stereocenters. The molecule has 0 aromatic heterocycles. The van der Waals surface area contributed by atoms with Crippen molar-refractivity contribution in [3.63, 3.8) is 0 Å². The van der Waals surface area contributed by atoms with Crippen molar-refractivity contribution in [1.82, 2.24) is 0 Å². The van der Waals surface area contributed by atoms with E-state index in [9.17, 15) is 0 Å². The van der Waals surface area contributed by atoms with E-state index < -0.39 is 0 Å². The van der Waals surface area contributed by atoms with Gasteiger partial charge in [0.2, 0.25) is 0 Å². The Morgan fingerprint density at radius 1 is 1.67 bits per heavy atom. The summed E-state index contributed by atoms with van der Waals surface area (Å²) in [6.07, 6.45) is 0. The average molecular weight is 82.9 g/mol. The van der Waals surface area contributed by atoms with E-state index in [2.05, 4.69) is 7.49 Å². The number of nitrogens with two attached hydrogens (primary N) is 1. The van der Waals surface area contributed by atoms with Crippen molar-refractivity contribution in [2.75, 3.05) is 0 Å². The first-order valence-electron chi connectivity index (χ1n) is 2.09. The predicted molar refractivity (Wildman–Crippen MR) is 31.2 cm³/mol. The molecule has 0 bridgehead atoms. The molecule has 0 saturated heterocycles. The molecule has 0 aromatic rings. The number of hydrogen-bond acceptors (Lipinski definition) is 1. The van der Waals surface area contributed by atoms with Gasteiger partial charge in [-0.05, 0) is 0 Å². The molecule has 6 heavy (non-hydrogen) atoms. The Labute approximate surface area is 39.6 Å². The third-order valence-corrected chi connectivity index (χ3v) is 0.742. The van der Waals surface area contributed by atoms with Crippen molar-refractivity contribution in [1.29, 1.82) is 0 Å². The molecule has 34 valence electrons. The fraction of sp³-hybridized carbons (Fsp3) is 0.750. The molecule has 2 heteroatoms. The van der Waals surface area contributed by atoms with Crippen molar-refractivity contribution in [2.45, 2.75) is 13.8 Å². The van der Waals surface area contributed by atoms with Gasteiger partial charge in [0.1, 0.15) is 0 Å². The molecule has 0 aliphatic carbocycles. The SMILES string of the molecule is B=C(N)C(C)C. The van der Waals surface area contributed by atoms with Crippen LogP contribution >= 0.6 is 0 Å². The Kier molecular flexibility index (Phi) is 1.92. The Morgan fingerprint density at radius 2 is 1.83 bits per heavy atom. The van der Waals surface area contributed by atoms with E-state index in [-0.39, 0.29) is 0 Å². The zero-order chi connectivity index (χ0) is 5.15. The number of rotatable bonds is 1. The van der Waals surface area contributed by atoms with Crippen LogP contribution in [0.4, 0.5) is 0 Å². The van der Waals surface area contributed by atoms with Gasteiger partial charge >= 0.3 is 38.6 Å². The van der Waals surface area contributed by atoms with Gasteiger partial charge in [-0.1, -0.05) is 0 Å². The van der Waals surface area contributed by atoms with E-state index in [4.69, 9.17) is 5.73 Å². The minimum atomic E-state index is 0.435. The monoisotopic (exact) mass is 83.1 g/mol. The molecule has 0 unspecified atom stereocenters. The van der Waals surface area contributed by atoms with Gasteiger partial charge in [0.05, 0.1) is 0 Å². The van der Waals surface area contributed by atoms with Gasteiger partial charge in [0, 0.05) is 0 Å². The summed E-state index contributed by atoms with van der Waals surface area (Å²) in [4.78, 5) is 0. The molecule has 0 spiro atoms. The summed E-state index contributed by atoms with van der Waals surface area (Å²) in [6.45, 7) is 4.03. The van der Waals surface area contributed by atoms with Crippen LogP contribution in [0.2, 0.25) is 0 Å². The third kappa shape index (κ3) is 2.00. The van der Waals surface area contributed by atoms with Crippen LogP contribution < -0.4 is 5.73 Å². The maximum absolute atomic E-state index is 5.24. The Bertz CT molecular complexity index is 58.6. The Hall–Kier alpha value is -0.265. The van der Waals surface area contributed by atoms with Gasteiger partial charge in [-0.2, -0.15) is 0 Å². The second kappa shape index (κ2) is 2.01. The first kappa shape index (κ1) is 5.73. The average Bonchev–Trinajstić information content (AvgIpc) is 1.36. The minimum absolute atomic E-state index is 0.435. The zero-order valence-electron chi connectivity index (χ0n) is 4.36. The predicted octanol–water partition coefficient (Wildman–Crippen LogP) is -0.368. The van der Waals surface area contributed by atoms with Crippen LogP contribution in [0.15, 0.2) is 0 Å². The Balaban J connectivity index is 3.26. The van der Waals surface area contributed by atoms with Gasteiger partial charge in [0.15, 0.2) is 0 Å². The molecule has 0 radical (unpaired) electrons. The third-order valence-electron chi connectivity index (χ3n) is 0.742. The summed E-state index contributed by atoms with van der Waals surface area (Å²) < 4.78 is 0. The summed E-state index contributed by atoms with van der Waals surface area (Å²) in [5.41, 5.74) is 6.00. The van der Waals surface area contributed by atoms with E-state index in [1.165, 1.54) is 0 Å². The molecule has 0 fully saturated rings. The molecule has 0 aromatic carbocycles. The first-order chi connectivity index (χ1) is 2.64. The number of hydrogen-bond donors (Lipinski definition) is 1. The van der Waals surface area contributed by atoms with Crippen molar-refractivity contribution in [3.05, 3.63) is 0 Å². The summed E-state index contributed by atoms with van der Waals surface area (Å²) in [5, 5.41) is 0. The Morgan fingerprint density at radius 3 is 1.83 bits per heavy atom. The van der Waals surface area contributed by atoms with Crippen LogP contribution in [0.5, 0.6) is 0 Å². The summed E-state index contributed by atoms with van der Waals surface area (Å²) >= 11 is 0. The van der Waals surface area contributed by atoms with Crippen molar-refractivity contribution >= 4 is 13.1 Å². The molecular weight excluding hydrogens is 72.9 g/mol. The van der Waals surface area contributed by atoms with Crippen molar-refractivity contribution in [2.24, 2.45) is 11.7 Å². The van der Waals surface area contributed by atoms with E-state index >= 15 is 0 Å². The van der Waals surface area contributed by atoms with Crippen LogP contribution in [0.3, 0.4) is 0 Å². The molecule has 1 nitrogen and oxygen atoms in total. The molecule has 0 rings (SSSR count). The fourth-order valence-electron chi connectivity index (χ4n) is 0. The normalized spacial score (nSPS) is 9.00. The molecular formula is C4H10BN. The topological polar surface area (TPSA) is 26.0 Å². The van der Waals surface area contributed by atoms with Crippen LogP contribution in [-0.4, -0.2) is 13.1 Å². The van der Waals surface area contributed by atoms with E-state index in [0.717, 1.165) is 5.59 Å². The summed E-state index contributed by atoms with van der Waals surface area (Å²) in [5.74, 6) is 0.435. The zero-order valence-corrected chi connectivity index (χ0v) is 4.36. The van der Waals surface area contributed by atoms with Crippen LogP contribution in [0.1, 0.15) is 13.8 Å². The molecule has 0 aliphatic rings. The van der Waals surface area contributed by atoms with Gasteiger partial charge in [-0.25, -0.2) is 0 Å². The summed E-state index contributed by atoms with van der Waals surface area (Å²) in [6, 6.07) is 0. The molecule has 2 N–H and O–H groups in total. The molecule has 0 heterocycles. The fourth-order valence-corrected chi connectivity index (χ4v) is 0. The second-order valence-corrected chi connectivity index (χ2v) is 1.73. The molecule has 0 aliphatic heterocycles.